The van der Waals surface area contributed by atoms with Crippen LogP contribution in [0.4, 0.5) is 5.82 Å². The topological polar surface area (TPSA) is 64.9 Å². The molecule has 2 heterocycles. The van der Waals surface area contributed by atoms with E-state index in [1.54, 1.807) is 10.9 Å². The van der Waals surface area contributed by atoms with Crippen molar-refractivity contribution in [2.45, 2.75) is 32.1 Å². The highest BCUT2D eigenvalue weighted by atomic mass is 35.5. The molecule has 7 heteroatoms. The SMILES string of the molecule is Clc1ccc(Oc2ccc3nc(-n4cccn4)nc(NCC4CCCCC4)c3c2)cc1. The summed E-state index contributed by atoms with van der Waals surface area (Å²) in [6.45, 7) is 0.910. The second-order valence-corrected chi connectivity index (χ2v) is 8.38. The summed E-state index contributed by atoms with van der Waals surface area (Å²) < 4.78 is 7.72. The molecule has 0 bridgehead atoms. The molecule has 1 fully saturated rings. The molecule has 31 heavy (non-hydrogen) atoms. The number of nitrogens with one attached hydrogen (secondary N) is 1. The Hall–Kier alpha value is -3.12. The molecule has 2 aromatic heterocycles. The van der Waals surface area contributed by atoms with Gasteiger partial charge in [0.15, 0.2) is 0 Å². The Morgan fingerprint density at radius 1 is 1.00 bits per heavy atom. The summed E-state index contributed by atoms with van der Waals surface area (Å²) in [6, 6.07) is 15.1. The average Bonchev–Trinajstić information content (AvgIpc) is 3.35. The number of rotatable bonds is 6. The quantitative estimate of drug-likeness (QED) is 0.389. The molecule has 158 valence electrons. The minimum absolute atomic E-state index is 0.551. The molecule has 2 aromatic carbocycles. The zero-order valence-electron chi connectivity index (χ0n) is 17.2. The Kier molecular flexibility index (Phi) is 5.71. The Balaban J connectivity index is 1.48. The predicted octanol–water partition coefficient (Wildman–Crippen LogP) is 6.25. The van der Waals surface area contributed by atoms with E-state index in [0.29, 0.717) is 16.9 Å². The lowest BCUT2D eigenvalue weighted by molar-refractivity contribution is 0.373. The fourth-order valence-electron chi connectivity index (χ4n) is 4.05. The molecule has 0 spiro atoms. The summed E-state index contributed by atoms with van der Waals surface area (Å²) in [6.07, 6.45) is 10.1. The van der Waals surface area contributed by atoms with Gasteiger partial charge >= 0.3 is 0 Å². The third-order valence-electron chi connectivity index (χ3n) is 5.70. The number of hydrogen-bond acceptors (Lipinski definition) is 5. The molecule has 6 nitrogen and oxygen atoms in total. The number of benzene rings is 2. The van der Waals surface area contributed by atoms with Crippen LogP contribution in [0.15, 0.2) is 60.9 Å². The van der Waals surface area contributed by atoms with Crippen LogP contribution in [0.1, 0.15) is 32.1 Å². The molecule has 0 amide bonds. The lowest BCUT2D eigenvalue weighted by Gasteiger charge is -2.22. The number of halogens is 1. The molecule has 0 atom stereocenters. The summed E-state index contributed by atoms with van der Waals surface area (Å²) in [5.74, 6) is 3.50. The summed E-state index contributed by atoms with van der Waals surface area (Å²) in [5, 5.41) is 9.50. The standard InChI is InChI=1S/C24H24ClN5O/c25-18-7-9-19(10-8-18)31-20-11-12-22-21(15-20)23(26-16-17-5-2-1-3-6-17)29-24(28-22)30-14-4-13-27-30/h4,7-15,17H,1-3,5-6,16H2,(H,26,28,29). The van der Waals surface area contributed by atoms with Crippen molar-refractivity contribution in [2.24, 2.45) is 5.92 Å². The second-order valence-electron chi connectivity index (χ2n) is 7.94. The number of anilines is 1. The largest absolute Gasteiger partial charge is 0.457 e. The first-order valence-electron chi connectivity index (χ1n) is 10.7. The molecule has 4 aromatic rings. The number of nitrogens with zero attached hydrogens (tertiary/aromatic N) is 4. The molecular formula is C24H24ClN5O. The Morgan fingerprint density at radius 3 is 2.58 bits per heavy atom. The summed E-state index contributed by atoms with van der Waals surface area (Å²) in [7, 11) is 0. The van der Waals surface area contributed by atoms with Gasteiger partial charge in [0.1, 0.15) is 17.3 Å². The fraction of sp³-hybridized carbons (Fsp3) is 0.292. The summed E-state index contributed by atoms with van der Waals surface area (Å²) in [5.41, 5.74) is 0.843. The molecule has 0 aliphatic heterocycles. The van der Waals surface area contributed by atoms with E-state index in [1.807, 2.05) is 54.7 Å². The van der Waals surface area contributed by atoms with E-state index in [2.05, 4.69) is 10.4 Å². The van der Waals surface area contributed by atoms with Crippen molar-refractivity contribution < 1.29 is 4.74 Å². The van der Waals surface area contributed by atoms with Crippen LogP contribution in [0, 0.1) is 5.92 Å². The second kappa shape index (κ2) is 8.94. The van der Waals surface area contributed by atoms with Crippen molar-refractivity contribution in [3.05, 3.63) is 65.9 Å². The zero-order chi connectivity index (χ0) is 21.0. The summed E-state index contributed by atoms with van der Waals surface area (Å²) in [4.78, 5) is 9.50. The van der Waals surface area contributed by atoms with Crippen LogP contribution in [0.25, 0.3) is 16.9 Å². The monoisotopic (exact) mass is 433 g/mol. The van der Waals surface area contributed by atoms with E-state index < -0.39 is 0 Å². The van der Waals surface area contributed by atoms with Crippen molar-refractivity contribution in [2.75, 3.05) is 11.9 Å². The Morgan fingerprint density at radius 2 is 1.81 bits per heavy atom. The van der Waals surface area contributed by atoms with Gasteiger partial charge in [-0.3, -0.25) is 0 Å². The van der Waals surface area contributed by atoms with Gasteiger partial charge in [-0.1, -0.05) is 30.9 Å². The van der Waals surface area contributed by atoms with E-state index in [4.69, 9.17) is 26.3 Å². The van der Waals surface area contributed by atoms with Gasteiger partial charge in [-0.05, 0) is 67.3 Å². The summed E-state index contributed by atoms with van der Waals surface area (Å²) >= 11 is 5.98. The first-order valence-corrected chi connectivity index (χ1v) is 11.1. The van der Waals surface area contributed by atoms with Crippen molar-refractivity contribution in [1.82, 2.24) is 19.7 Å². The van der Waals surface area contributed by atoms with E-state index >= 15 is 0 Å². The highest BCUT2D eigenvalue weighted by molar-refractivity contribution is 6.30. The van der Waals surface area contributed by atoms with Gasteiger partial charge in [-0.15, -0.1) is 0 Å². The Labute approximate surface area is 186 Å². The van der Waals surface area contributed by atoms with Crippen molar-refractivity contribution in [3.8, 4) is 17.4 Å². The third-order valence-corrected chi connectivity index (χ3v) is 5.95. The smallest absolute Gasteiger partial charge is 0.253 e. The molecule has 1 aliphatic carbocycles. The zero-order valence-corrected chi connectivity index (χ0v) is 17.9. The van der Waals surface area contributed by atoms with Crippen molar-refractivity contribution in [3.63, 3.8) is 0 Å². The minimum Gasteiger partial charge on any atom is -0.457 e. The van der Waals surface area contributed by atoms with Gasteiger partial charge in [-0.2, -0.15) is 10.1 Å². The molecule has 0 radical (unpaired) electrons. The van der Waals surface area contributed by atoms with Crippen LogP contribution < -0.4 is 10.1 Å². The molecule has 1 N–H and O–H groups in total. The first kappa shape index (κ1) is 19.8. The van der Waals surface area contributed by atoms with Crippen LogP contribution in [-0.2, 0) is 0 Å². The van der Waals surface area contributed by atoms with Crippen LogP contribution in [0.2, 0.25) is 5.02 Å². The van der Waals surface area contributed by atoms with Gasteiger partial charge in [0.05, 0.1) is 5.52 Å². The van der Waals surface area contributed by atoms with E-state index in [0.717, 1.165) is 34.8 Å². The number of ether oxygens (including phenoxy) is 1. The molecule has 0 unspecified atom stereocenters. The highest BCUT2D eigenvalue weighted by Crippen LogP contribution is 2.30. The number of hydrogen-bond donors (Lipinski definition) is 1. The first-order chi connectivity index (χ1) is 15.2. The third kappa shape index (κ3) is 4.64. The van der Waals surface area contributed by atoms with Crippen molar-refractivity contribution >= 4 is 28.3 Å². The molecule has 1 aliphatic rings. The van der Waals surface area contributed by atoms with E-state index in [9.17, 15) is 0 Å². The lowest BCUT2D eigenvalue weighted by atomic mass is 9.89. The predicted molar refractivity (Wildman–Crippen MR) is 123 cm³/mol. The maximum Gasteiger partial charge on any atom is 0.253 e. The number of aromatic nitrogens is 4. The number of fused-ring (bicyclic) bond motifs is 1. The average molecular weight is 434 g/mol. The van der Waals surface area contributed by atoms with Crippen LogP contribution >= 0.6 is 11.6 Å². The van der Waals surface area contributed by atoms with Gasteiger partial charge in [0, 0.05) is 29.3 Å². The van der Waals surface area contributed by atoms with E-state index in [-0.39, 0.29) is 0 Å². The molecular weight excluding hydrogens is 410 g/mol. The molecule has 1 saturated carbocycles. The maximum atomic E-state index is 6.03. The van der Waals surface area contributed by atoms with Gasteiger partial charge in [-0.25, -0.2) is 9.67 Å². The maximum absolute atomic E-state index is 6.03. The van der Waals surface area contributed by atoms with Crippen LogP contribution in [0.5, 0.6) is 11.5 Å². The van der Waals surface area contributed by atoms with Crippen LogP contribution in [0.3, 0.4) is 0 Å². The van der Waals surface area contributed by atoms with Gasteiger partial charge in [0.2, 0.25) is 0 Å². The molecule has 5 rings (SSSR count). The Bertz CT molecular complexity index is 1150. The van der Waals surface area contributed by atoms with Crippen molar-refractivity contribution in [1.29, 1.82) is 0 Å². The van der Waals surface area contributed by atoms with Gasteiger partial charge < -0.3 is 10.1 Å². The van der Waals surface area contributed by atoms with Gasteiger partial charge in [0.25, 0.3) is 5.95 Å². The normalized spacial score (nSPS) is 14.6. The minimum atomic E-state index is 0.551. The highest BCUT2D eigenvalue weighted by Gasteiger charge is 2.16. The lowest BCUT2D eigenvalue weighted by Crippen LogP contribution is -2.18. The molecule has 0 saturated heterocycles. The van der Waals surface area contributed by atoms with E-state index in [1.165, 1.54) is 32.1 Å². The van der Waals surface area contributed by atoms with Crippen LogP contribution in [-0.4, -0.2) is 26.3 Å². The fourth-order valence-corrected chi connectivity index (χ4v) is 4.18.